The molecule has 0 spiro atoms. The van der Waals surface area contributed by atoms with E-state index in [9.17, 15) is 4.79 Å². The lowest BCUT2D eigenvalue weighted by Gasteiger charge is -2.29. The van der Waals surface area contributed by atoms with Crippen LogP contribution in [0.2, 0.25) is 5.02 Å². The molecule has 3 aromatic rings. The third-order valence-corrected chi connectivity index (χ3v) is 4.78. The number of nitrogens with zero attached hydrogens (tertiary/aromatic N) is 2. The summed E-state index contributed by atoms with van der Waals surface area (Å²) in [6, 6.07) is 15.0. The molecule has 132 valence electrons. The third kappa shape index (κ3) is 3.23. The Labute approximate surface area is 156 Å². The van der Waals surface area contributed by atoms with Crippen LogP contribution in [-0.4, -0.2) is 37.2 Å². The van der Waals surface area contributed by atoms with Crippen LogP contribution >= 0.6 is 11.6 Å². The predicted octanol–water partition coefficient (Wildman–Crippen LogP) is 3.98. The molecule has 1 amide bonds. The number of halogens is 1. The Morgan fingerprint density at radius 3 is 2.50 bits per heavy atom. The zero-order valence-electron chi connectivity index (χ0n) is 14.1. The van der Waals surface area contributed by atoms with Crippen LogP contribution in [0.4, 0.5) is 11.5 Å². The zero-order chi connectivity index (χ0) is 17.9. The van der Waals surface area contributed by atoms with Gasteiger partial charge in [-0.15, -0.1) is 0 Å². The van der Waals surface area contributed by atoms with E-state index in [1.165, 1.54) is 0 Å². The minimum Gasteiger partial charge on any atom is -0.378 e. The fraction of sp³-hybridized carbons (Fsp3) is 0.200. The molecule has 2 aromatic carbocycles. The summed E-state index contributed by atoms with van der Waals surface area (Å²) >= 11 is 6.15. The molecule has 6 heteroatoms. The van der Waals surface area contributed by atoms with Crippen LogP contribution in [-0.2, 0) is 4.74 Å². The Kier molecular flexibility index (Phi) is 4.73. The number of para-hydroxylation sites is 1. The first-order valence-corrected chi connectivity index (χ1v) is 8.88. The largest absolute Gasteiger partial charge is 0.378 e. The van der Waals surface area contributed by atoms with E-state index >= 15 is 0 Å². The summed E-state index contributed by atoms with van der Waals surface area (Å²) in [5.74, 6) is 0.661. The second kappa shape index (κ2) is 7.32. The molecule has 4 rings (SSSR count). The predicted molar refractivity (Wildman–Crippen MR) is 104 cm³/mol. The van der Waals surface area contributed by atoms with Gasteiger partial charge in [0.25, 0.3) is 5.91 Å². The minimum absolute atomic E-state index is 0.227. The maximum absolute atomic E-state index is 12.8. The van der Waals surface area contributed by atoms with Gasteiger partial charge in [0.05, 0.1) is 29.5 Å². The van der Waals surface area contributed by atoms with Crippen LogP contribution in [0.1, 0.15) is 10.4 Å². The lowest BCUT2D eigenvalue weighted by atomic mass is 10.1. The van der Waals surface area contributed by atoms with Gasteiger partial charge in [-0.3, -0.25) is 4.79 Å². The van der Waals surface area contributed by atoms with E-state index in [0.717, 1.165) is 29.7 Å². The van der Waals surface area contributed by atoms with Crippen LogP contribution in [0.25, 0.3) is 10.8 Å². The number of pyridine rings is 1. The molecule has 0 unspecified atom stereocenters. The van der Waals surface area contributed by atoms with Gasteiger partial charge in [0.15, 0.2) is 0 Å². The molecular weight excluding hydrogens is 350 g/mol. The molecule has 1 aliphatic heterocycles. The van der Waals surface area contributed by atoms with Gasteiger partial charge in [0.2, 0.25) is 0 Å². The number of rotatable bonds is 3. The molecule has 26 heavy (non-hydrogen) atoms. The monoisotopic (exact) mass is 367 g/mol. The molecule has 1 aliphatic rings. The smallest absolute Gasteiger partial charge is 0.257 e. The summed E-state index contributed by atoms with van der Waals surface area (Å²) in [6.45, 7) is 2.96. The Hall–Kier alpha value is -2.63. The van der Waals surface area contributed by atoms with Gasteiger partial charge in [-0.25, -0.2) is 4.98 Å². The van der Waals surface area contributed by atoms with Crippen molar-refractivity contribution in [2.24, 2.45) is 0 Å². The normalized spacial score (nSPS) is 14.4. The van der Waals surface area contributed by atoms with Gasteiger partial charge in [-0.2, -0.15) is 0 Å². The summed E-state index contributed by atoms with van der Waals surface area (Å²) in [7, 11) is 0. The number of aromatic nitrogens is 1. The molecule has 0 aliphatic carbocycles. The minimum atomic E-state index is -0.227. The fourth-order valence-electron chi connectivity index (χ4n) is 3.14. The van der Waals surface area contributed by atoms with Crippen molar-refractivity contribution < 1.29 is 9.53 Å². The first-order chi connectivity index (χ1) is 12.7. The van der Waals surface area contributed by atoms with Crippen LogP contribution in [0, 0.1) is 0 Å². The van der Waals surface area contributed by atoms with E-state index in [1.54, 1.807) is 18.3 Å². The van der Waals surface area contributed by atoms with Gasteiger partial charge >= 0.3 is 0 Å². The molecule has 5 nitrogen and oxygen atoms in total. The van der Waals surface area contributed by atoms with E-state index in [2.05, 4.69) is 15.2 Å². The maximum atomic E-state index is 12.8. The highest BCUT2D eigenvalue weighted by Gasteiger charge is 2.19. The van der Waals surface area contributed by atoms with Crippen molar-refractivity contribution in [1.29, 1.82) is 0 Å². The van der Waals surface area contributed by atoms with E-state index in [-0.39, 0.29) is 5.91 Å². The summed E-state index contributed by atoms with van der Waals surface area (Å²) in [6.07, 6.45) is 1.64. The molecule has 1 saturated heterocycles. The molecule has 0 atom stereocenters. The number of nitrogens with one attached hydrogen (secondary N) is 1. The molecule has 1 fully saturated rings. The van der Waals surface area contributed by atoms with Crippen molar-refractivity contribution >= 4 is 39.8 Å². The van der Waals surface area contributed by atoms with Crippen molar-refractivity contribution in [3.8, 4) is 0 Å². The topological polar surface area (TPSA) is 54.5 Å². The molecule has 1 aromatic heterocycles. The van der Waals surface area contributed by atoms with Crippen molar-refractivity contribution in [2.45, 2.75) is 0 Å². The first kappa shape index (κ1) is 16.8. The summed E-state index contributed by atoms with van der Waals surface area (Å²) in [5.41, 5.74) is 1.11. The summed E-state index contributed by atoms with van der Waals surface area (Å²) in [5, 5.41) is 5.20. The number of benzene rings is 2. The van der Waals surface area contributed by atoms with E-state index in [0.29, 0.717) is 29.5 Å². The van der Waals surface area contributed by atoms with Gasteiger partial charge in [-0.1, -0.05) is 48.0 Å². The SMILES string of the molecule is O=C(Nc1ccccc1Cl)c1cnc(N2CCOCC2)c2ccccc12. The van der Waals surface area contributed by atoms with Gasteiger partial charge in [0.1, 0.15) is 5.82 Å². The highest BCUT2D eigenvalue weighted by atomic mass is 35.5. The second-order valence-corrected chi connectivity index (χ2v) is 6.48. The number of hydrogen-bond donors (Lipinski definition) is 1. The molecule has 0 radical (unpaired) electrons. The first-order valence-electron chi connectivity index (χ1n) is 8.50. The lowest BCUT2D eigenvalue weighted by molar-refractivity contribution is 0.102. The Bertz CT molecular complexity index is 955. The number of ether oxygens (including phenoxy) is 1. The highest BCUT2D eigenvalue weighted by molar-refractivity contribution is 6.34. The number of hydrogen-bond acceptors (Lipinski definition) is 4. The molecular formula is C20H18ClN3O2. The third-order valence-electron chi connectivity index (χ3n) is 4.45. The number of fused-ring (bicyclic) bond motifs is 1. The van der Waals surface area contributed by atoms with Gasteiger partial charge < -0.3 is 15.0 Å². The Morgan fingerprint density at radius 1 is 1.04 bits per heavy atom. The van der Waals surface area contributed by atoms with Gasteiger partial charge in [-0.05, 0) is 17.5 Å². The Morgan fingerprint density at radius 2 is 1.73 bits per heavy atom. The number of anilines is 2. The number of carbonyl (C=O) groups excluding carboxylic acids is 1. The average molecular weight is 368 g/mol. The van der Waals surface area contributed by atoms with Crippen LogP contribution in [0.3, 0.4) is 0 Å². The molecule has 2 heterocycles. The van der Waals surface area contributed by atoms with Crippen molar-refractivity contribution in [2.75, 3.05) is 36.5 Å². The number of amides is 1. The standard InChI is InChI=1S/C20H18ClN3O2/c21-17-7-3-4-8-18(17)23-20(25)16-13-22-19(24-9-11-26-12-10-24)15-6-2-1-5-14(15)16/h1-8,13H,9-12H2,(H,23,25). The fourth-order valence-corrected chi connectivity index (χ4v) is 3.32. The maximum Gasteiger partial charge on any atom is 0.257 e. The van der Waals surface area contributed by atoms with Crippen molar-refractivity contribution in [1.82, 2.24) is 4.98 Å². The zero-order valence-corrected chi connectivity index (χ0v) is 14.9. The van der Waals surface area contributed by atoms with E-state index in [1.807, 2.05) is 36.4 Å². The van der Waals surface area contributed by atoms with E-state index in [4.69, 9.17) is 16.3 Å². The van der Waals surface area contributed by atoms with Crippen molar-refractivity contribution in [3.05, 3.63) is 65.3 Å². The van der Waals surface area contributed by atoms with Crippen LogP contribution in [0.15, 0.2) is 54.7 Å². The lowest BCUT2D eigenvalue weighted by Crippen LogP contribution is -2.37. The summed E-state index contributed by atoms with van der Waals surface area (Å²) < 4.78 is 5.43. The quantitative estimate of drug-likeness (QED) is 0.760. The van der Waals surface area contributed by atoms with Crippen LogP contribution < -0.4 is 10.2 Å². The summed E-state index contributed by atoms with van der Waals surface area (Å²) in [4.78, 5) is 19.6. The Balaban J connectivity index is 1.72. The average Bonchev–Trinajstić information content (AvgIpc) is 2.69. The number of morpholine rings is 1. The highest BCUT2D eigenvalue weighted by Crippen LogP contribution is 2.29. The molecule has 0 saturated carbocycles. The van der Waals surface area contributed by atoms with E-state index < -0.39 is 0 Å². The number of carbonyl (C=O) groups is 1. The van der Waals surface area contributed by atoms with Gasteiger partial charge in [0, 0.05) is 24.7 Å². The van der Waals surface area contributed by atoms with Crippen LogP contribution in [0.5, 0.6) is 0 Å². The van der Waals surface area contributed by atoms with Crippen molar-refractivity contribution in [3.63, 3.8) is 0 Å². The molecule has 0 bridgehead atoms. The second-order valence-electron chi connectivity index (χ2n) is 6.07. The molecule has 1 N–H and O–H groups in total.